The number of benzene rings is 1. The van der Waals surface area contributed by atoms with Crippen LogP contribution in [0, 0.1) is 11.8 Å². The average molecular weight is 307 g/mol. The van der Waals surface area contributed by atoms with E-state index in [1.807, 2.05) is 54.7 Å². The van der Waals surface area contributed by atoms with E-state index in [0.29, 0.717) is 12.8 Å². The van der Waals surface area contributed by atoms with E-state index in [4.69, 9.17) is 0 Å². The highest BCUT2D eigenvalue weighted by Crippen LogP contribution is 2.35. The second-order valence-electron chi connectivity index (χ2n) is 6.01. The molecule has 2 aromatic rings. The number of amides is 2. The van der Waals surface area contributed by atoms with Crippen molar-refractivity contribution in [2.75, 3.05) is 0 Å². The zero-order valence-electron chi connectivity index (χ0n) is 12.6. The normalized spacial score (nSPS) is 23.4. The predicted octanol–water partition coefficient (Wildman–Crippen LogP) is 2.32. The third kappa shape index (κ3) is 2.38. The number of carbonyl (C=O) groups excluding carboxylic acids is 2. The first-order chi connectivity index (χ1) is 11.2. The molecule has 0 saturated carbocycles. The highest BCUT2D eigenvalue weighted by molar-refractivity contribution is 6.05. The maximum Gasteiger partial charge on any atom is 0.233 e. The number of aromatic nitrogens is 2. The first-order valence-electron chi connectivity index (χ1n) is 7.84. The number of likely N-dealkylation sites (tertiary alicyclic amines) is 1. The van der Waals surface area contributed by atoms with E-state index in [2.05, 4.69) is 5.10 Å². The largest absolute Gasteiger partial charge is 0.276 e. The molecule has 0 radical (unpaired) electrons. The number of allylic oxidation sites excluding steroid dienone is 2. The van der Waals surface area contributed by atoms with Crippen LogP contribution in [0.5, 0.6) is 0 Å². The zero-order chi connectivity index (χ0) is 15.8. The second kappa shape index (κ2) is 5.50. The van der Waals surface area contributed by atoms with Gasteiger partial charge in [-0.25, -0.2) is 4.68 Å². The molecule has 2 heterocycles. The summed E-state index contributed by atoms with van der Waals surface area (Å²) in [5.74, 6) is -0.468. The lowest BCUT2D eigenvalue weighted by Crippen LogP contribution is -2.30. The molecule has 5 nitrogen and oxygen atoms in total. The van der Waals surface area contributed by atoms with Gasteiger partial charge in [0.2, 0.25) is 11.8 Å². The summed E-state index contributed by atoms with van der Waals surface area (Å²) in [6, 6.07) is 11.6. The average Bonchev–Trinajstić information content (AvgIpc) is 3.16. The Morgan fingerprint density at radius 3 is 2.26 bits per heavy atom. The second-order valence-corrected chi connectivity index (χ2v) is 6.01. The van der Waals surface area contributed by atoms with Gasteiger partial charge in [0.15, 0.2) is 0 Å². The summed E-state index contributed by atoms with van der Waals surface area (Å²) < 4.78 is 1.76. The van der Waals surface area contributed by atoms with E-state index in [9.17, 15) is 9.59 Å². The molecule has 4 rings (SSSR count). The lowest BCUT2D eigenvalue weighted by atomic mass is 9.85. The van der Waals surface area contributed by atoms with Gasteiger partial charge < -0.3 is 0 Å². The first kappa shape index (κ1) is 13.9. The van der Waals surface area contributed by atoms with Crippen LogP contribution in [0.2, 0.25) is 0 Å². The van der Waals surface area contributed by atoms with Gasteiger partial charge in [-0.05, 0) is 31.0 Å². The highest BCUT2D eigenvalue weighted by Gasteiger charge is 2.47. The molecule has 116 valence electrons. The molecule has 0 bridgehead atoms. The molecule has 0 spiro atoms. The van der Waals surface area contributed by atoms with Crippen LogP contribution >= 0.6 is 0 Å². The predicted molar refractivity (Wildman–Crippen MR) is 84.5 cm³/mol. The van der Waals surface area contributed by atoms with Gasteiger partial charge in [0, 0.05) is 6.20 Å². The van der Waals surface area contributed by atoms with Crippen molar-refractivity contribution >= 4 is 11.8 Å². The number of carbonyl (C=O) groups is 2. The molecule has 2 atom stereocenters. The molecule has 5 heteroatoms. The van der Waals surface area contributed by atoms with Crippen LogP contribution in [0.1, 0.15) is 18.5 Å². The number of fused-ring (bicyclic) bond motifs is 1. The van der Waals surface area contributed by atoms with Crippen LogP contribution in [-0.2, 0) is 16.1 Å². The van der Waals surface area contributed by atoms with Crippen molar-refractivity contribution in [3.05, 3.63) is 60.4 Å². The van der Waals surface area contributed by atoms with Gasteiger partial charge >= 0.3 is 0 Å². The Hall–Kier alpha value is -2.69. The molecule has 0 unspecified atom stereocenters. The smallest absolute Gasteiger partial charge is 0.233 e. The number of para-hydroxylation sites is 1. The molecule has 23 heavy (non-hydrogen) atoms. The lowest BCUT2D eigenvalue weighted by molar-refractivity contribution is -0.140. The monoisotopic (exact) mass is 307 g/mol. The summed E-state index contributed by atoms with van der Waals surface area (Å²) >= 11 is 0. The third-order valence-electron chi connectivity index (χ3n) is 4.58. The van der Waals surface area contributed by atoms with Gasteiger partial charge in [0.05, 0.1) is 29.8 Å². The maximum atomic E-state index is 12.5. The van der Waals surface area contributed by atoms with Crippen molar-refractivity contribution in [1.29, 1.82) is 0 Å². The third-order valence-corrected chi connectivity index (χ3v) is 4.58. The van der Waals surface area contributed by atoms with Crippen LogP contribution in [0.25, 0.3) is 5.69 Å². The Balaban J connectivity index is 1.54. The molecule has 1 fully saturated rings. The molecule has 1 aromatic heterocycles. The fourth-order valence-corrected chi connectivity index (χ4v) is 3.36. The molecular weight excluding hydrogens is 290 g/mol. The Kier molecular flexibility index (Phi) is 3.33. The SMILES string of the molecule is O=C1[C@H]2CC=CC[C@H]2C(=O)N1Cc1ccn(-c2ccccc2)n1. The first-order valence-corrected chi connectivity index (χ1v) is 7.84. The van der Waals surface area contributed by atoms with E-state index < -0.39 is 0 Å². The number of imide groups is 1. The van der Waals surface area contributed by atoms with Gasteiger partial charge in [-0.3, -0.25) is 14.5 Å². The minimum atomic E-state index is -0.177. The zero-order valence-corrected chi connectivity index (χ0v) is 12.6. The molecule has 2 aliphatic rings. The van der Waals surface area contributed by atoms with Crippen molar-refractivity contribution in [2.24, 2.45) is 11.8 Å². The fourth-order valence-electron chi connectivity index (χ4n) is 3.36. The van der Waals surface area contributed by atoms with Gasteiger partial charge in [0.25, 0.3) is 0 Å². The van der Waals surface area contributed by atoms with Crippen LogP contribution in [0.4, 0.5) is 0 Å². The summed E-state index contributed by atoms with van der Waals surface area (Å²) in [4.78, 5) is 26.3. The molecule has 1 aliphatic carbocycles. The maximum absolute atomic E-state index is 12.5. The molecule has 2 amide bonds. The minimum Gasteiger partial charge on any atom is -0.276 e. The fraction of sp³-hybridized carbons (Fsp3) is 0.278. The van der Waals surface area contributed by atoms with E-state index in [1.165, 1.54) is 4.90 Å². The Bertz CT molecular complexity index is 753. The van der Waals surface area contributed by atoms with Crippen LogP contribution in [0.15, 0.2) is 54.7 Å². The van der Waals surface area contributed by atoms with Crippen molar-refractivity contribution < 1.29 is 9.59 Å². The Morgan fingerprint density at radius 1 is 0.957 bits per heavy atom. The van der Waals surface area contributed by atoms with E-state index in [0.717, 1.165) is 11.4 Å². The standard InChI is InChI=1S/C18H17N3O2/c22-17-15-8-4-5-9-16(15)18(23)20(17)12-13-10-11-21(19-13)14-6-2-1-3-7-14/h1-7,10-11,15-16H,8-9,12H2/t15-,16+. The molecule has 1 aliphatic heterocycles. The van der Waals surface area contributed by atoms with Crippen molar-refractivity contribution in [1.82, 2.24) is 14.7 Å². The summed E-state index contributed by atoms with van der Waals surface area (Å²) in [5, 5.41) is 4.49. The van der Waals surface area contributed by atoms with E-state index in [-0.39, 0.29) is 30.2 Å². The van der Waals surface area contributed by atoms with Crippen molar-refractivity contribution in [3.8, 4) is 5.69 Å². The van der Waals surface area contributed by atoms with Crippen LogP contribution in [-0.4, -0.2) is 26.5 Å². The summed E-state index contributed by atoms with van der Waals surface area (Å²) in [7, 11) is 0. The topological polar surface area (TPSA) is 55.2 Å². The van der Waals surface area contributed by atoms with E-state index >= 15 is 0 Å². The molecule has 1 saturated heterocycles. The van der Waals surface area contributed by atoms with Gasteiger partial charge in [-0.15, -0.1) is 0 Å². The Labute approximate surface area is 134 Å². The van der Waals surface area contributed by atoms with Gasteiger partial charge in [-0.2, -0.15) is 5.10 Å². The van der Waals surface area contributed by atoms with Crippen LogP contribution < -0.4 is 0 Å². The van der Waals surface area contributed by atoms with Crippen molar-refractivity contribution in [3.63, 3.8) is 0 Å². The number of hydrogen-bond acceptors (Lipinski definition) is 3. The summed E-state index contributed by atoms with van der Waals surface area (Å²) in [6.07, 6.45) is 7.19. The van der Waals surface area contributed by atoms with Gasteiger partial charge in [-0.1, -0.05) is 30.4 Å². The number of hydrogen-bond donors (Lipinski definition) is 0. The quantitative estimate of drug-likeness (QED) is 0.646. The number of nitrogens with zero attached hydrogens (tertiary/aromatic N) is 3. The van der Waals surface area contributed by atoms with Crippen molar-refractivity contribution in [2.45, 2.75) is 19.4 Å². The minimum absolute atomic E-state index is 0.0568. The summed E-state index contributed by atoms with van der Waals surface area (Å²) in [6.45, 7) is 0.254. The van der Waals surface area contributed by atoms with Gasteiger partial charge in [0.1, 0.15) is 0 Å². The molecule has 0 N–H and O–H groups in total. The van der Waals surface area contributed by atoms with Crippen LogP contribution in [0.3, 0.4) is 0 Å². The van der Waals surface area contributed by atoms with E-state index in [1.54, 1.807) is 4.68 Å². The summed E-state index contributed by atoms with van der Waals surface area (Å²) in [5.41, 5.74) is 1.68. The lowest BCUT2D eigenvalue weighted by Gasteiger charge is -2.14. The number of rotatable bonds is 3. The highest BCUT2D eigenvalue weighted by atomic mass is 16.2. The molecule has 1 aromatic carbocycles. The molecular formula is C18H17N3O2. The Morgan fingerprint density at radius 2 is 1.61 bits per heavy atom.